The van der Waals surface area contributed by atoms with E-state index in [2.05, 4.69) is 5.32 Å². The normalized spacial score (nSPS) is 19.8. The molecule has 0 aliphatic carbocycles. The number of benzene rings is 1. The highest BCUT2D eigenvalue weighted by Gasteiger charge is 2.37. The van der Waals surface area contributed by atoms with E-state index in [1.165, 1.54) is 0 Å². The van der Waals surface area contributed by atoms with E-state index in [9.17, 15) is 26.3 Å². The molecule has 1 saturated heterocycles. The molecule has 0 saturated carbocycles. The Morgan fingerprint density at radius 2 is 1.57 bits per heavy atom. The van der Waals surface area contributed by atoms with E-state index >= 15 is 0 Å². The maximum Gasteiger partial charge on any atom is 0.416 e. The van der Waals surface area contributed by atoms with Crippen molar-refractivity contribution < 1.29 is 31.1 Å². The van der Waals surface area contributed by atoms with Crippen LogP contribution in [0.1, 0.15) is 17.5 Å². The number of rotatable bonds is 3. The van der Waals surface area contributed by atoms with Gasteiger partial charge in [-0.1, -0.05) is 0 Å². The number of hydrogen-bond donors (Lipinski definition) is 1. The molecule has 8 heteroatoms. The van der Waals surface area contributed by atoms with Gasteiger partial charge in [-0.05, 0) is 24.6 Å². The minimum atomic E-state index is -4.83. The number of alkyl halides is 6. The second kappa shape index (κ2) is 5.75. The van der Waals surface area contributed by atoms with Gasteiger partial charge in [-0.15, -0.1) is 0 Å². The molecule has 0 radical (unpaired) electrons. The minimum absolute atomic E-state index is 0.0916. The van der Waals surface area contributed by atoms with Crippen molar-refractivity contribution in [2.45, 2.75) is 18.8 Å². The Morgan fingerprint density at radius 1 is 1.00 bits per heavy atom. The molecule has 0 spiro atoms. The molecule has 1 atom stereocenters. The summed E-state index contributed by atoms with van der Waals surface area (Å²) in [5.41, 5.74) is -2.82. The van der Waals surface area contributed by atoms with Crippen molar-refractivity contribution in [3.63, 3.8) is 0 Å². The monoisotopic (exact) mass is 313 g/mol. The van der Waals surface area contributed by atoms with E-state index in [1.807, 2.05) is 0 Å². The fraction of sp³-hybridized carbons (Fsp3) is 0.538. The van der Waals surface area contributed by atoms with E-state index in [1.54, 1.807) is 0 Å². The third-order valence-corrected chi connectivity index (χ3v) is 3.21. The fourth-order valence-corrected chi connectivity index (χ4v) is 2.06. The smallest absolute Gasteiger partial charge is 0.385 e. The van der Waals surface area contributed by atoms with Crippen LogP contribution in [0.5, 0.6) is 0 Å². The molecule has 2 nitrogen and oxygen atoms in total. The van der Waals surface area contributed by atoms with E-state index in [0.29, 0.717) is 25.3 Å². The summed E-state index contributed by atoms with van der Waals surface area (Å²) in [6.07, 6.45) is -8.92. The van der Waals surface area contributed by atoms with Crippen LogP contribution in [0.2, 0.25) is 0 Å². The summed E-state index contributed by atoms with van der Waals surface area (Å²) in [6.45, 7) is 1.29. The largest absolute Gasteiger partial charge is 0.416 e. The second-order valence-corrected chi connectivity index (χ2v) is 4.91. The Bertz CT molecular complexity index is 458. The molecule has 1 aliphatic heterocycles. The minimum Gasteiger partial charge on any atom is -0.385 e. The fourth-order valence-electron chi connectivity index (χ4n) is 2.06. The summed E-state index contributed by atoms with van der Waals surface area (Å²) >= 11 is 0. The van der Waals surface area contributed by atoms with Crippen molar-refractivity contribution >= 4 is 5.69 Å². The van der Waals surface area contributed by atoms with Crippen LogP contribution in [0.3, 0.4) is 0 Å². The molecule has 1 N–H and O–H groups in total. The van der Waals surface area contributed by atoms with Crippen molar-refractivity contribution in [1.29, 1.82) is 0 Å². The van der Waals surface area contributed by atoms with Crippen LogP contribution in [0.4, 0.5) is 32.0 Å². The first-order valence-corrected chi connectivity index (χ1v) is 6.27. The van der Waals surface area contributed by atoms with Crippen molar-refractivity contribution in [3.05, 3.63) is 29.3 Å². The van der Waals surface area contributed by atoms with Gasteiger partial charge in [-0.25, -0.2) is 0 Å². The summed E-state index contributed by atoms with van der Waals surface area (Å²) in [5.74, 6) is 0.0916. The lowest BCUT2D eigenvalue weighted by Gasteiger charge is -2.16. The van der Waals surface area contributed by atoms with Crippen LogP contribution >= 0.6 is 0 Å². The van der Waals surface area contributed by atoms with Crippen LogP contribution in [0.25, 0.3) is 0 Å². The van der Waals surface area contributed by atoms with Gasteiger partial charge in [-0.2, -0.15) is 26.3 Å². The molecule has 2 rings (SSSR count). The van der Waals surface area contributed by atoms with Gasteiger partial charge in [0.05, 0.1) is 17.7 Å². The zero-order valence-electron chi connectivity index (χ0n) is 10.8. The highest BCUT2D eigenvalue weighted by Crippen LogP contribution is 2.37. The summed E-state index contributed by atoms with van der Waals surface area (Å²) in [7, 11) is 0. The third kappa shape index (κ3) is 4.26. The van der Waals surface area contributed by atoms with E-state index in [0.717, 1.165) is 6.42 Å². The van der Waals surface area contributed by atoms with Crippen LogP contribution in [0.15, 0.2) is 18.2 Å². The zero-order valence-corrected chi connectivity index (χ0v) is 10.8. The Labute approximate surface area is 117 Å². The summed E-state index contributed by atoms with van der Waals surface area (Å²) in [6, 6.07) is 1.49. The molecule has 1 aromatic rings. The molecule has 118 valence electrons. The molecule has 0 amide bonds. The summed E-state index contributed by atoms with van der Waals surface area (Å²) in [4.78, 5) is 0. The van der Waals surface area contributed by atoms with Crippen molar-refractivity contribution in [1.82, 2.24) is 0 Å². The molecule has 21 heavy (non-hydrogen) atoms. The molecule has 0 aromatic heterocycles. The van der Waals surface area contributed by atoms with Crippen LogP contribution in [-0.2, 0) is 17.1 Å². The average molecular weight is 313 g/mol. The summed E-state index contributed by atoms with van der Waals surface area (Å²) < 4.78 is 81.1. The zero-order chi connectivity index (χ0) is 15.7. The predicted molar refractivity (Wildman–Crippen MR) is 63.9 cm³/mol. The summed E-state index contributed by atoms with van der Waals surface area (Å²) in [5, 5.41) is 2.63. The number of hydrogen-bond acceptors (Lipinski definition) is 2. The Hall–Kier alpha value is -1.44. The van der Waals surface area contributed by atoms with Crippen molar-refractivity contribution in [2.75, 3.05) is 25.1 Å². The molecule has 1 aromatic carbocycles. The van der Waals surface area contributed by atoms with Crippen molar-refractivity contribution in [3.8, 4) is 0 Å². The highest BCUT2D eigenvalue weighted by molar-refractivity contribution is 5.50. The van der Waals surface area contributed by atoms with E-state index in [4.69, 9.17) is 4.74 Å². The first kappa shape index (κ1) is 15.9. The first-order chi connectivity index (χ1) is 9.66. The number of anilines is 1. The third-order valence-electron chi connectivity index (χ3n) is 3.21. The van der Waals surface area contributed by atoms with Crippen LogP contribution < -0.4 is 5.32 Å². The van der Waals surface area contributed by atoms with Gasteiger partial charge in [0.25, 0.3) is 0 Å². The standard InChI is InChI=1S/C13H13F6NO/c14-12(15,16)9-3-10(13(17,18)19)5-11(4-9)20-6-8-1-2-21-7-8/h3-5,8,20H,1-2,6-7H2/t8-/m0/s1. The second-order valence-electron chi connectivity index (χ2n) is 4.91. The maximum atomic E-state index is 12.7. The quantitative estimate of drug-likeness (QED) is 0.846. The lowest BCUT2D eigenvalue weighted by molar-refractivity contribution is -0.143. The molecule has 1 heterocycles. The maximum absolute atomic E-state index is 12.7. The lowest BCUT2D eigenvalue weighted by Crippen LogP contribution is -2.16. The predicted octanol–water partition coefficient (Wildman–Crippen LogP) is 4.17. The number of nitrogens with one attached hydrogen (secondary N) is 1. The molecular weight excluding hydrogens is 300 g/mol. The molecular formula is C13H13F6NO. The average Bonchev–Trinajstić information content (AvgIpc) is 2.87. The van der Waals surface area contributed by atoms with Gasteiger partial charge in [0, 0.05) is 24.8 Å². The van der Waals surface area contributed by atoms with Gasteiger partial charge in [0.1, 0.15) is 0 Å². The van der Waals surface area contributed by atoms with Crippen LogP contribution in [-0.4, -0.2) is 19.8 Å². The molecule has 0 unspecified atom stereocenters. The van der Waals surface area contributed by atoms with Gasteiger partial charge in [0.15, 0.2) is 0 Å². The van der Waals surface area contributed by atoms with E-state index in [-0.39, 0.29) is 24.2 Å². The van der Waals surface area contributed by atoms with Gasteiger partial charge < -0.3 is 10.1 Å². The number of halogens is 6. The SMILES string of the molecule is FC(F)(F)c1cc(NC[C@@H]2CCOC2)cc(C(F)(F)F)c1. The Balaban J connectivity index is 2.22. The lowest BCUT2D eigenvalue weighted by atomic mass is 10.1. The topological polar surface area (TPSA) is 21.3 Å². The van der Waals surface area contributed by atoms with Gasteiger partial charge in [0.2, 0.25) is 0 Å². The van der Waals surface area contributed by atoms with Gasteiger partial charge >= 0.3 is 12.4 Å². The molecule has 1 fully saturated rings. The molecule has 1 aliphatic rings. The number of ether oxygens (including phenoxy) is 1. The Morgan fingerprint density at radius 3 is 2.00 bits per heavy atom. The van der Waals surface area contributed by atoms with Gasteiger partial charge in [-0.3, -0.25) is 0 Å². The molecule has 0 bridgehead atoms. The Kier molecular flexibility index (Phi) is 4.36. The van der Waals surface area contributed by atoms with Crippen molar-refractivity contribution in [2.24, 2.45) is 5.92 Å². The first-order valence-electron chi connectivity index (χ1n) is 6.27. The van der Waals surface area contributed by atoms with E-state index < -0.39 is 23.5 Å². The van der Waals surface area contributed by atoms with Crippen LogP contribution in [0, 0.1) is 5.92 Å². The highest BCUT2D eigenvalue weighted by atomic mass is 19.4.